The molecule has 4 nitrogen and oxygen atoms in total. The molecule has 1 aromatic rings. The molecule has 2 rings (SSSR count). The van der Waals surface area contributed by atoms with E-state index in [2.05, 4.69) is 0 Å². The number of halogens is 1. The zero-order chi connectivity index (χ0) is 13.7. The van der Waals surface area contributed by atoms with E-state index in [0.29, 0.717) is 31.6 Å². The average Bonchev–Trinajstić information content (AvgIpc) is 2.46. The Kier molecular flexibility index (Phi) is 4.87. The fourth-order valence-electron chi connectivity index (χ4n) is 2.07. The van der Waals surface area contributed by atoms with E-state index in [0.717, 1.165) is 0 Å². The average molecular weight is 268 g/mol. The third-order valence-electron chi connectivity index (χ3n) is 3.28. The summed E-state index contributed by atoms with van der Waals surface area (Å²) in [5.41, 5.74) is 0.301. The molecule has 5 heteroatoms. The third kappa shape index (κ3) is 3.75. The highest BCUT2D eigenvalue weighted by Gasteiger charge is 2.29. The van der Waals surface area contributed by atoms with Crippen molar-refractivity contribution in [1.29, 1.82) is 0 Å². The summed E-state index contributed by atoms with van der Waals surface area (Å²) < 4.78 is 23.4. The molecule has 0 radical (unpaired) electrons. The predicted octanol–water partition coefficient (Wildman–Crippen LogP) is 1.66. The minimum Gasteiger partial charge on any atom is -0.459 e. The van der Waals surface area contributed by atoms with Crippen LogP contribution in [-0.2, 0) is 20.9 Å². The molecule has 0 bridgehead atoms. The zero-order valence-corrected chi connectivity index (χ0v) is 10.5. The summed E-state index contributed by atoms with van der Waals surface area (Å²) in [5.74, 6) is -1.26. The van der Waals surface area contributed by atoms with Crippen molar-refractivity contribution in [1.82, 2.24) is 0 Å². The van der Waals surface area contributed by atoms with Crippen molar-refractivity contribution in [3.63, 3.8) is 0 Å². The van der Waals surface area contributed by atoms with Gasteiger partial charge in [0.1, 0.15) is 12.4 Å². The topological polar surface area (TPSA) is 55.8 Å². The van der Waals surface area contributed by atoms with Gasteiger partial charge in [-0.2, -0.15) is 0 Å². The minimum absolute atomic E-state index is 0.137. The Morgan fingerprint density at radius 1 is 1.42 bits per heavy atom. The second kappa shape index (κ2) is 6.63. The van der Waals surface area contributed by atoms with Crippen molar-refractivity contribution < 1.29 is 23.8 Å². The third-order valence-corrected chi connectivity index (χ3v) is 3.28. The molecule has 19 heavy (non-hydrogen) atoms. The Labute approximate surface area is 111 Å². The summed E-state index contributed by atoms with van der Waals surface area (Å²) in [6, 6.07) is 6.08. The van der Waals surface area contributed by atoms with Gasteiger partial charge in [0.25, 0.3) is 0 Å². The largest absolute Gasteiger partial charge is 0.459 e. The molecule has 1 atom stereocenters. The van der Waals surface area contributed by atoms with Gasteiger partial charge in [0.05, 0.1) is 0 Å². The predicted molar refractivity (Wildman–Crippen MR) is 65.7 cm³/mol. The number of benzene rings is 1. The second-order valence-electron chi connectivity index (χ2n) is 4.59. The van der Waals surface area contributed by atoms with Crippen LogP contribution in [-0.4, -0.2) is 30.4 Å². The molecule has 1 heterocycles. The van der Waals surface area contributed by atoms with E-state index >= 15 is 0 Å². The summed E-state index contributed by atoms with van der Waals surface area (Å²) in [6.07, 6.45) is 0.113. The molecular weight excluding hydrogens is 251 g/mol. The van der Waals surface area contributed by atoms with Crippen LogP contribution < -0.4 is 0 Å². The van der Waals surface area contributed by atoms with Crippen LogP contribution in [0.15, 0.2) is 24.3 Å². The Morgan fingerprint density at radius 3 is 2.79 bits per heavy atom. The van der Waals surface area contributed by atoms with Gasteiger partial charge in [0.2, 0.25) is 0 Å². The van der Waals surface area contributed by atoms with Gasteiger partial charge in [0.15, 0.2) is 6.10 Å². The molecule has 1 aliphatic heterocycles. The number of rotatable bonds is 4. The van der Waals surface area contributed by atoms with Crippen molar-refractivity contribution >= 4 is 5.97 Å². The molecule has 0 spiro atoms. The lowest BCUT2D eigenvalue weighted by molar-refractivity contribution is -0.160. The molecule has 0 aliphatic carbocycles. The zero-order valence-electron chi connectivity index (χ0n) is 10.5. The molecule has 1 aromatic carbocycles. The van der Waals surface area contributed by atoms with Gasteiger partial charge < -0.3 is 14.6 Å². The van der Waals surface area contributed by atoms with Gasteiger partial charge in [0, 0.05) is 18.8 Å². The second-order valence-corrected chi connectivity index (χ2v) is 4.59. The van der Waals surface area contributed by atoms with Crippen LogP contribution in [0.2, 0.25) is 0 Å². The number of esters is 1. The van der Waals surface area contributed by atoms with Crippen molar-refractivity contribution in [3.05, 3.63) is 35.6 Å². The van der Waals surface area contributed by atoms with Gasteiger partial charge in [-0.1, -0.05) is 18.2 Å². The molecule has 0 saturated carbocycles. The maximum Gasteiger partial charge on any atom is 0.335 e. The molecule has 104 valence electrons. The van der Waals surface area contributed by atoms with Crippen molar-refractivity contribution in [2.75, 3.05) is 13.2 Å². The first kappa shape index (κ1) is 14.0. The molecule has 0 amide bonds. The molecule has 1 unspecified atom stereocenters. The lowest BCUT2D eigenvalue weighted by atomic mass is 9.94. The maximum absolute atomic E-state index is 13.3. The molecule has 1 N–H and O–H groups in total. The van der Waals surface area contributed by atoms with Crippen molar-refractivity contribution in [3.8, 4) is 0 Å². The van der Waals surface area contributed by atoms with E-state index in [1.165, 1.54) is 6.07 Å². The van der Waals surface area contributed by atoms with E-state index in [4.69, 9.17) is 9.47 Å². The van der Waals surface area contributed by atoms with Crippen LogP contribution in [0.5, 0.6) is 0 Å². The highest BCUT2D eigenvalue weighted by Crippen LogP contribution is 2.20. The van der Waals surface area contributed by atoms with Gasteiger partial charge in [-0.3, -0.25) is 0 Å². The number of hydrogen-bond acceptors (Lipinski definition) is 4. The Balaban J connectivity index is 1.85. The minimum atomic E-state index is -1.16. The lowest BCUT2D eigenvalue weighted by Crippen LogP contribution is -2.34. The standard InChI is InChI=1S/C14H17FO4/c15-12-4-2-1-3-11(12)9-19-14(17)13(16)10-5-7-18-8-6-10/h1-4,10,13,16H,5-9H2. The van der Waals surface area contributed by atoms with Crippen LogP contribution in [0.4, 0.5) is 4.39 Å². The van der Waals surface area contributed by atoms with E-state index in [1.807, 2.05) is 0 Å². The van der Waals surface area contributed by atoms with Gasteiger partial charge in [-0.25, -0.2) is 9.18 Å². The summed E-state index contributed by atoms with van der Waals surface area (Å²) >= 11 is 0. The number of ether oxygens (including phenoxy) is 2. The smallest absolute Gasteiger partial charge is 0.335 e. The normalized spacial score (nSPS) is 18.0. The molecule has 1 aliphatic rings. The first-order valence-electron chi connectivity index (χ1n) is 6.34. The number of aliphatic hydroxyl groups excluding tert-OH is 1. The van der Waals surface area contributed by atoms with Crippen LogP contribution in [0.25, 0.3) is 0 Å². The van der Waals surface area contributed by atoms with Crippen LogP contribution >= 0.6 is 0 Å². The number of hydrogen-bond donors (Lipinski definition) is 1. The van der Waals surface area contributed by atoms with E-state index in [-0.39, 0.29) is 12.5 Å². The number of carbonyl (C=O) groups is 1. The van der Waals surface area contributed by atoms with Crippen LogP contribution in [0.1, 0.15) is 18.4 Å². The van der Waals surface area contributed by atoms with Crippen molar-refractivity contribution in [2.24, 2.45) is 5.92 Å². The summed E-state index contributed by atoms with van der Waals surface area (Å²) in [5, 5.41) is 9.87. The molecular formula is C14H17FO4. The quantitative estimate of drug-likeness (QED) is 0.844. The summed E-state index contributed by atoms with van der Waals surface area (Å²) in [6.45, 7) is 0.927. The maximum atomic E-state index is 13.3. The fraction of sp³-hybridized carbons (Fsp3) is 0.500. The molecule has 1 saturated heterocycles. The fourth-order valence-corrected chi connectivity index (χ4v) is 2.07. The highest BCUT2D eigenvalue weighted by atomic mass is 19.1. The number of carbonyl (C=O) groups excluding carboxylic acids is 1. The van der Waals surface area contributed by atoms with Gasteiger partial charge in [-0.15, -0.1) is 0 Å². The first-order chi connectivity index (χ1) is 9.18. The Morgan fingerprint density at radius 2 is 2.11 bits per heavy atom. The first-order valence-corrected chi connectivity index (χ1v) is 6.34. The van der Waals surface area contributed by atoms with Crippen molar-refractivity contribution in [2.45, 2.75) is 25.6 Å². The van der Waals surface area contributed by atoms with Gasteiger partial charge >= 0.3 is 5.97 Å². The molecule has 1 fully saturated rings. The van der Waals surface area contributed by atoms with E-state index < -0.39 is 17.9 Å². The molecule has 0 aromatic heterocycles. The van der Waals surface area contributed by atoms with E-state index in [1.54, 1.807) is 18.2 Å². The highest BCUT2D eigenvalue weighted by molar-refractivity contribution is 5.74. The lowest BCUT2D eigenvalue weighted by Gasteiger charge is -2.25. The van der Waals surface area contributed by atoms with E-state index in [9.17, 15) is 14.3 Å². The van der Waals surface area contributed by atoms with Gasteiger partial charge in [-0.05, 0) is 24.8 Å². The summed E-state index contributed by atoms with van der Waals surface area (Å²) in [4.78, 5) is 11.7. The Bertz CT molecular complexity index is 429. The number of aliphatic hydroxyl groups is 1. The van der Waals surface area contributed by atoms with Crippen LogP contribution in [0, 0.1) is 11.7 Å². The summed E-state index contributed by atoms with van der Waals surface area (Å²) in [7, 11) is 0. The van der Waals surface area contributed by atoms with Crippen LogP contribution in [0.3, 0.4) is 0 Å². The SMILES string of the molecule is O=C(OCc1ccccc1F)C(O)C1CCOCC1. The monoisotopic (exact) mass is 268 g/mol. The Hall–Kier alpha value is -1.46.